The molecule has 23 heavy (non-hydrogen) atoms. The third-order valence-electron chi connectivity index (χ3n) is 4.38. The number of benzene rings is 1. The van der Waals surface area contributed by atoms with Crippen LogP contribution in [0, 0.1) is 0 Å². The molecule has 120 valence electrons. The number of rotatable bonds is 2. The van der Waals surface area contributed by atoms with Crippen LogP contribution in [0.3, 0.4) is 0 Å². The van der Waals surface area contributed by atoms with Crippen LogP contribution in [0.15, 0.2) is 36.7 Å². The van der Waals surface area contributed by atoms with Crippen LogP contribution < -0.4 is 4.74 Å². The number of hydrogen-bond donors (Lipinski definition) is 0. The fourth-order valence-electron chi connectivity index (χ4n) is 2.96. The molecule has 1 aliphatic rings. The highest BCUT2D eigenvalue weighted by molar-refractivity contribution is 5.71. The lowest BCUT2D eigenvalue weighted by atomic mass is 9.79. The second-order valence-corrected chi connectivity index (χ2v) is 7.99. The van der Waals surface area contributed by atoms with Gasteiger partial charge in [0.05, 0.1) is 6.61 Å². The van der Waals surface area contributed by atoms with E-state index in [0.717, 1.165) is 17.9 Å². The number of hydrogen-bond acceptors (Lipinski definition) is 2. The van der Waals surface area contributed by atoms with Crippen molar-refractivity contribution in [3.8, 4) is 5.75 Å². The van der Waals surface area contributed by atoms with Crippen LogP contribution in [0.4, 0.5) is 0 Å². The summed E-state index contributed by atoms with van der Waals surface area (Å²) in [6.07, 6.45) is 7.96. The number of nitrogens with zero attached hydrogens (tertiary/aromatic N) is 1. The van der Waals surface area contributed by atoms with Crippen molar-refractivity contribution in [3.63, 3.8) is 0 Å². The first-order chi connectivity index (χ1) is 10.8. The Balaban J connectivity index is 2.07. The van der Waals surface area contributed by atoms with Gasteiger partial charge < -0.3 is 4.74 Å². The highest BCUT2D eigenvalue weighted by Gasteiger charge is 2.36. The van der Waals surface area contributed by atoms with E-state index in [1.54, 1.807) is 6.20 Å². The van der Waals surface area contributed by atoms with Crippen LogP contribution in [0.2, 0.25) is 0 Å². The van der Waals surface area contributed by atoms with Crippen LogP contribution in [0.5, 0.6) is 5.75 Å². The summed E-state index contributed by atoms with van der Waals surface area (Å²) in [6.45, 7) is 12.0. The van der Waals surface area contributed by atoms with Crippen molar-refractivity contribution in [1.29, 1.82) is 0 Å². The Morgan fingerprint density at radius 1 is 1.13 bits per heavy atom. The summed E-state index contributed by atoms with van der Waals surface area (Å²) in [6, 6.07) is 8.55. The Bertz CT molecular complexity index is 736. The first-order valence-electron chi connectivity index (χ1n) is 8.17. The summed E-state index contributed by atoms with van der Waals surface area (Å²) in [7, 11) is 0. The zero-order valence-electron chi connectivity index (χ0n) is 14.7. The maximum absolute atomic E-state index is 6.06. The molecule has 0 aliphatic carbocycles. The number of aromatic nitrogens is 1. The molecule has 0 saturated heterocycles. The van der Waals surface area contributed by atoms with Crippen molar-refractivity contribution >= 4 is 12.2 Å². The molecule has 0 bridgehead atoms. The minimum Gasteiger partial charge on any atom is -0.492 e. The van der Waals surface area contributed by atoms with E-state index in [-0.39, 0.29) is 10.8 Å². The van der Waals surface area contributed by atoms with E-state index < -0.39 is 0 Å². The minimum absolute atomic E-state index is 0.0582. The third-order valence-corrected chi connectivity index (χ3v) is 4.38. The fourth-order valence-corrected chi connectivity index (χ4v) is 2.96. The molecule has 1 aromatic heterocycles. The van der Waals surface area contributed by atoms with Gasteiger partial charge in [-0.3, -0.25) is 4.98 Å². The molecule has 0 amide bonds. The van der Waals surface area contributed by atoms with Gasteiger partial charge in [-0.2, -0.15) is 0 Å². The lowest BCUT2D eigenvalue weighted by Crippen LogP contribution is -2.18. The van der Waals surface area contributed by atoms with E-state index >= 15 is 0 Å². The first kappa shape index (κ1) is 15.8. The monoisotopic (exact) mass is 307 g/mol. The van der Waals surface area contributed by atoms with E-state index in [2.05, 4.69) is 70.0 Å². The van der Waals surface area contributed by atoms with Gasteiger partial charge in [0, 0.05) is 28.9 Å². The number of pyridine rings is 1. The van der Waals surface area contributed by atoms with E-state index in [0.29, 0.717) is 0 Å². The maximum atomic E-state index is 6.06. The number of ether oxygens (including phenoxy) is 1. The average Bonchev–Trinajstić information content (AvgIpc) is 2.80. The van der Waals surface area contributed by atoms with Crippen molar-refractivity contribution < 1.29 is 4.74 Å². The molecule has 0 atom stereocenters. The van der Waals surface area contributed by atoms with E-state index in [4.69, 9.17) is 4.74 Å². The van der Waals surface area contributed by atoms with Gasteiger partial charge in [0.25, 0.3) is 0 Å². The molecule has 0 saturated carbocycles. The fraction of sp³-hybridized carbons (Fsp3) is 0.381. The molecule has 1 aromatic carbocycles. The van der Waals surface area contributed by atoms with E-state index in [9.17, 15) is 0 Å². The predicted octanol–water partition coefficient (Wildman–Crippen LogP) is 5.22. The van der Waals surface area contributed by atoms with Crippen molar-refractivity contribution in [1.82, 2.24) is 4.98 Å². The molecular formula is C21H25NO. The Kier molecular flexibility index (Phi) is 3.79. The highest BCUT2D eigenvalue weighted by Crippen LogP contribution is 2.45. The number of fused-ring (bicyclic) bond motifs is 1. The summed E-state index contributed by atoms with van der Waals surface area (Å²) in [5, 5.41) is 0. The smallest absolute Gasteiger partial charge is 0.126 e. The van der Waals surface area contributed by atoms with Crippen LogP contribution in [-0.4, -0.2) is 11.6 Å². The predicted molar refractivity (Wildman–Crippen MR) is 96.8 cm³/mol. The molecule has 0 fully saturated rings. The molecule has 1 aliphatic heterocycles. The van der Waals surface area contributed by atoms with Crippen molar-refractivity contribution in [3.05, 3.63) is 58.9 Å². The van der Waals surface area contributed by atoms with Crippen LogP contribution >= 0.6 is 0 Å². The zero-order valence-corrected chi connectivity index (χ0v) is 14.7. The van der Waals surface area contributed by atoms with Gasteiger partial charge in [-0.05, 0) is 34.7 Å². The molecule has 3 rings (SSSR count). The lowest BCUT2D eigenvalue weighted by Gasteiger charge is -2.23. The van der Waals surface area contributed by atoms with Crippen LogP contribution in [0.25, 0.3) is 12.2 Å². The summed E-state index contributed by atoms with van der Waals surface area (Å²) < 4.78 is 6.06. The zero-order chi connectivity index (χ0) is 16.7. The van der Waals surface area contributed by atoms with E-state index in [1.165, 1.54) is 16.7 Å². The second-order valence-electron chi connectivity index (χ2n) is 7.99. The van der Waals surface area contributed by atoms with Crippen LogP contribution in [0.1, 0.15) is 56.9 Å². The Labute approximate surface area is 139 Å². The molecule has 2 heterocycles. The van der Waals surface area contributed by atoms with Crippen molar-refractivity contribution in [2.24, 2.45) is 0 Å². The van der Waals surface area contributed by atoms with Crippen molar-refractivity contribution in [2.45, 2.75) is 45.4 Å². The van der Waals surface area contributed by atoms with Gasteiger partial charge in [-0.15, -0.1) is 0 Å². The largest absolute Gasteiger partial charge is 0.492 e. The Morgan fingerprint density at radius 3 is 2.52 bits per heavy atom. The summed E-state index contributed by atoms with van der Waals surface area (Å²) in [5.74, 6) is 1.08. The molecule has 0 N–H and O–H groups in total. The topological polar surface area (TPSA) is 22.1 Å². The van der Waals surface area contributed by atoms with Gasteiger partial charge in [0.1, 0.15) is 5.75 Å². The van der Waals surface area contributed by atoms with Gasteiger partial charge in [0.15, 0.2) is 0 Å². The first-order valence-corrected chi connectivity index (χ1v) is 8.17. The molecule has 0 spiro atoms. The Hall–Kier alpha value is -2.09. The van der Waals surface area contributed by atoms with Gasteiger partial charge in [0.2, 0.25) is 0 Å². The molecule has 0 radical (unpaired) electrons. The standard InChI is InChI=1S/C21H25NO/c1-20(2,3)17-11-16(9-8-15-7-6-10-22-13-15)12-18-19(17)23-14-21(18,4)5/h6-13H,14H2,1-5H3/b9-8+. The third kappa shape index (κ3) is 3.17. The SMILES string of the molecule is CC(C)(C)c1cc(/C=C/c2cccnc2)cc2c1OCC2(C)C. The highest BCUT2D eigenvalue weighted by atomic mass is 16.5. The Morgan fingerprint density at radius 2 is 1.87 bits per heavy atom. The average molecular weight is 307 g/mol. The molecule has 2 nitrogen and oxygen atoms in total. The van der Waals surface area contributed by atoms with Gasteiger partial charge in [-0.25, -0.2) is 0 Å². The normalized spacial score (nSPS) is 16.4. The molecule has 2 aromatic rings. The quantitative estimate of drug-likeness (QED) is 0.759. The van der Waals surface area contributed by atoms with Crippen molar-refractivity contribution in [2.75, 3.05) is 6.61 Å². The van der Waals surface area contributed by atoms with Crippen LogP contribution in [-0.2, 0) is 10.8 Å². The van der Waals surface area contributed by atoms with Gasteiger partial charge in [-0.1, -0.05) is 52.8 Å². The van der Waals surface area contributed by atoms with Gasteiger partial charge >= 0.3 is 0 Å². The summed E-state index contributed by atoms with van der Waals surface area (Å²) >= 11 is 0. The molecule has 0 unspecified atom stereocenters. The maximum Gasteiger partial charge on any atom is 0.126 e. The van der Waals surface area contributed by atoms with E-state index in [1.807, 2.05) is 12.3 Å². The second kappa shape index (κ2) is 5.52. The lowest BCUT2D eigenvalue weighted by molar-refractivity contribution is 0.286. The summed E-state index contributed by atoms with van der Waals surface area (Å²) in [5.41, 5.74) is 5.05. The summed E-state index contributed by atoms with van der Waals surface area (Å²) in [4.78, 5) is 4.16. The molecular weight excluding hydrogens is 282 g/mol. The minimum atomic E-state index is 0.0582. The molecule has 2 heteroatoms.